The van der Waals surface area contributed by atoms with E-state index in [0.29, 0.717) is 5.41 Å². The van der Waals surface area contributed by atoms with Crippen molar-refractivity contribution in [3.05, 3.63) is 23.9 Å². The molecule has 0 amide bonds. The molecule has 2 aromatic rings. The summed E-state index contributed by atoms with van der Waals surface area (Å²) in [7, 11) is 1.93. The van der Waals surface area contributed by atoms with Crippen LogP contribution < -0.4 is 10.6 Å². The third-order valence-electron chi connectivity index (χ3n) is 5.29. The van der Waals surface area contributed by atoms with Crippen LogP contribution in [0.4, 0.5) is 19.0 Å². The number of halogens is 3. The fourth-order valence-corrected chi connectivity index (χ4v) is 3.79. The van der Waals surface area contributed by atoms with Gasteiger partial charge < -0.3 is 15.7 Å². The van der Waals surface area contributed by atoms with E-state index in [1.807, 2.05) is 37.0 Å². The van der Waals surface area contributed by atoms with E-state index in [1.54, 1.807) is 0 Å². The van der Waals surface area contributed by atoms with E-state index in [4.69, 9.17) is 9.90 Å². The van der Waals surface area contributed by atoms with Crippen molar-refractivity contribution in [2.24, 2.45) is 18.4 Å². The molecule has 2 aliphatic rings. The van der Waals surface area contributed by atoms with Crippen molar-refractivity contribution in [2.75, 3.05) is 25.0 Å². The number of nitrogens with zero attached hydrogens (tertiary/aromatic N) is 4. The number of nitrogens with one attached hydrogen (secondary N) is 2. The number of aromatic nitrogens is 4. The second-order valence-corrected chi connectivity index (χ2v) is 7.67. The topological polar surface area (TPSA) is 105 Å². The molecule has 158 valence electrons. The molecule has 29 heavy (non-hydrogen) atoms. The Morgan fingerprint density at radius 1 is 1.34 bits per heavy atom. The summed E-state index contributed by atoms with van der Waals surface area (Å²) in [6, 6.07) is 4.02. The molecular weight excluding hydrogens is 389 g/mol. The van der Waals surface area contributed by atoms with E-state index < -0.39 is 12.1 Å². The van der Waals surface area contributed by atoms with Crippen molar-refractivity contribution in [2.45, 2.75) is 25.9 Å². The predicted molar refractivity (Wildman–Crippen MR) is 99.2 cm³/mol. The molecule has 0 aromatic carbocycles. The van der Waals surface area contributed by atoms with Crippen LogP contribution in [0.3, 0.4) is 0 Å². The molecule has 1 spiro atoms. The predicted octanol–water partition coefficient (Wildman–Crippen LogP) is 2.23. The van der Waals surface area contributed by atoms with E-state index in [1.165, 1.54) is 25.9 Å². The van der Waals surface area contributed by atoms with Gasteiger partial charge in [0.25, 0.3) is 0 Å². The Morgan fingerprint density at radius 2 is 2.00 bits per heavy atom. The van der Waals surface area contributed by atoms with Crippen LogP contribution >= 0.6 is 0 Å². The lowest BCUT2D eigenvalue weighted by Crippen LogP contribution is -2.61. The molecule has 3 heterocycles. The van der Waals surface area contributed by atoms with Crippen LogP contribution in [0.5, 0.6) is 0 Å². The van der Waals surface area contributed by atoms with Crippen molar-refractivity contribution in [3.63, 3.8) is 0 Å². The molecule has 0 radical (unpaired) electrons. The third kappa shape index (κ3) is 4.84. The molecule has 0 atom stereocenters. The first kappa shape index (κ1) is 21.0. The molecule has 8 nitrogen and oxygen atoms in total. The molecule has 0 unspecified atom stereocenters. The summed E-state index contributed by atoms with van der Waals surface area (Å²) >= 11 is 0. The fourth-order valence-electron chi connectivity index (χ4n) is 3.79. The average molecular weight is 412 g/mol. The number of aryl methyl sites for hydroxylation is 2. The number of carboxylic acids is 1. The van der Waals surface area contributed by atoms with Crippen molar-refractivity contribution in [1.82, 2.24) is 25.3 Å². The molecule has 3 N–H and O–H groups in total. The Kier molecular flexibility index (Phi) is 5.78. The number of hydrogen-bond acceptors (Lipinski definition) is 6. The van der Waals surface area contributed by atoms with Crippen LogP contribution in [0, 0.1) is 18.3 Å². The maximum atomic E-state index is 10.6. The summed E-state index contributed by atoms with van der Waals surface area (Å²) in [5.74, 6) is -1.12. The summed E-state index contributed by atoms with van der Waals surface area (Å²) in [5, 5.41) is 26.8. The van der Waals surface area contributed by atoms with Gasteiger partial charge in [-0.1, -0.05) is 0 Å². The van der Waals surface area contributed by atoms with Crippen LogP contribution in [0.1, 0.15) is 18.4 Å². The highest BCUT2D eigenvalue weighted by Crippen LogP contribution is 2.48. The van der Waals surface area contributed by atoms with Crippen LogP contribution in [0.15, 0.2) is 18.3 Å². The van der Waals surface area contributed by atoms with Gasteiger partial charge in [-0.05, 0) is 48.8 Å². The van der Waals surface area contributed by atoms with Gasteiger partial charge >= 0.3 is 12.1 Å². The second kappa shape index (κ2) is 7.97. The molecule has 11 heteroatoms. The zero-order valence-corrected chi connectivity index (χ0v) is 16.1. The maximum Gasteiger partial charge on any atom is 0.490 e. The quantitative estimate of drug-likeness (QED) is 0.707. The van der Waals surface area contributed by atoms with Gasteiger partial charge in [-0.15, -0.1) is 10.2 Å². The van der Waals surface area contributed by atoms with Gasteiger partial charge in [0.2, 0.25) is 0 Å². The third-order valence-corrected chi connectivity index (χ3v) is 5.29. The van der Waals surface area contributed by atoms with Gasteiger partial charge in [0.05, 0.1) is 11.9 Å². The molecule has 2 fully saturated rings. The van der Waals surface area contributed by atoms with E-state index in [0.717, 1.165) is 35.2 Å². The summed E-state index contributed by atoms with van der Waals surface area (Å²) in [6.45, 7) is 5.46. The van der Waals surface area contributed by atoms with Gasteiger partial charge in [-0.25, -0.2) is 4.79 Å². The largest absolute Gasteiger partial charge is 0.490 e. The zero-order valence-electron chi connectivity index (χ0n) is 16.1. The lowest BCUT2D eigenvalue weighted by atomic mass is 9.58. The first-order chi connectivity index (χ1) is 13.6. The average Bonchev–Trinajstić information content (AvgIpc) is 2.91. The number of hydrogen-bond donors (Lipinski definition) is 3. The molecular formula is C18H23F3N6O2. The summed E-state index contributed by atoms with van der Waals surface area (Å²) in [5.41, 5.74) is 3.65. The van der Waals surface area contributed by atoms with Crippen molar-refractivity contribution >= 4 is 11.8 Å². The van der Waals surface area contributed by atoms with Gasteiger partial charge in [0.15, 0.2) is 0 Å². The first-order valence-corrected chi connectivity index (χ1v) is 9.17. The number of anilines is 1. The van der Waals surface area contributed by atoms with Crippen LogP contribution in [0.2, 0.25) is 0 Å². The van der Waals surface area contributed by atoms with Crippen molar-refractivity contribution < 1.29 is 23.1 Å². The Labute approximate surface area is 165 Å². The molecule has 1 aliphatic carbocycles. The van der Waals surface area contributed by atoms with E-state index in [2.05, 4.69) is 25.9 Å². The molecule has 2 aromatic heterocycles. The highest BCUT2D eigenvalue weighted by atomic mass is 19.4. The molecule has 0 bridgehead atoms. The smallest absolute Gasteiger partial charge is 0.475 e. The minimum Gasteiger partial charge on any atom is -0.475 e. The second-order valence-electron chi connectivity index (χ2n) is 7.67. The lowest BCUT2D eigenvalue weighted by Gasteiger charge is -2.54. The van der Waals surface area contributed by atoms with Crippen molar-refractivity contribution in [3.8, 4) is 11.4 Å². The van der Waals surface area contributed by atoms with Gasteiger partial charge in [0, 0.05) is 26.7 Å². The van der Waals surface area contributed by atoms with E-state index in [9.17, 15) is 13.2 Å². The number of rotatable bonds is 4. The van der Waals surface area contributed by atoms with Crippen LogP contribution in [-0.4, -0.2) is 56.9 Å². The van der Waals surface area contributed by atoms with Gasteiger partial charge in [-0.3, -0.25) is 4.68 Å². The zero-order chi connectivity index (χ0) is 21.2. The highest BCUT2D eigenvalue weighted by Gasteiger charge is 2.47. The minimum atomic E-state index is -5.08. The first-order valence-electron chi connectivity index (χ1n) is 9.17. The van der Waals surface area contributed by atoms with Crippen molar-refractivity contribution in [1.29, 1.82) is 0 Å². The van der Waals surface area contributed by atoms with Gasteiger partial charge in [-0.2, -0.15) is 18.3 Å². The highest BCUT2D eigenvalue weighted by molar-refractivity contribution is 5.73. The van der Waals surface area contributed by atoms with Crippen LogP contribution in [-0.2, 0) is 11.8 Å². The Hall–Kier alpha value is -2.69. The summed E-state index contributed by atoms with van der Waals surface area (Å²) in [4.78, 5) is 8.90. The summed E-state index contributed by atoms with van der Waals surface area (Å²) in [6.07, 6.45) is -0.551. The van der Waals surface area contributed by atoms with E-state index >= 15 is 0 Å². The fraction of sp³-hybridized carbons (Fsp3) is 0.556. The monoisotopic (exact) mass is 412 g/mol. The SMILES string of the molecule is Cc1cnn(C)c1-c1ccc(NCC2CC3(CNC3)C2)nn1.O=C(O)C(F)(F)F. The molecule has 1 aliphatic heterocycles. The number of carboxylic acid groups (broad SMARTS) is 1. The number of aliphatic carboxylic acids is 1. The lowest BCUT2D eigenvalue weighted by molar-refractivity contribution is -0.192. The van der Waals surface area contributed by atoms with Crippen LogP contribution in [0.25, 0.3) is 11.4 Å². The summed E-state index contributed by atoms with van der Waals surface area (Å²) < 4.78 is 33.6. The number of alkyl halides is 3. The Balaban J connectivity index is 0.000000298. The van der Waals surface area contributed by atoms with Gasteiger partial charge in [0.1, 0.15) is 11.5 Å². The minimum absolute atomic E-state index is 0.638. The Morgan fingerprint density at radius 3 is 2.41 bits per heavy atom. The van der Waals surface area contributed by atoms with E-state index in [-0.39, 0.29) is 0 Å². The number of carbonyl (C=O) groups is 1. The molecule has 1 saturated heterocycles. The Bertz CT molecular complexity index is 834. The maximum absolute atomic E-state index is 10.6. The standard InChI is InChI=1S/C16H22N6.C2HF3O2/c1-11-7-19-22(2)15(11)13-3-4-14(21-20-13)18-8-12-5-16(6-12)9-17-10-16;3-2(4,5)1(6)7/h3-4,7,12,17H,5-6,8-10H2,1-2H3,(H,18,21);(H,6,7). The normalized spacial score (nSPS) is 17.7. The molecule has 1 saturated carbocycles. The molecule has 4 rings (SSSR count).